The first-order valence-corrected chi connectivity index (χ1v) is 11.1. The van der Waals surface area contributed by atoms with Gasteiger partial charge in [0.25, 0.3) is 5.91 Å². The van der Waals surface area contributed by atoms with E-state index >= 15 is 0 Å². The van der Waals surface area contributed by atoms with Gasteiger partial charge in [0, 0.05) is 35.9 Å². The number of carbonyl (C=O) groups excluding carboxylic acids is 2. The highest BCUT2D eigenvalue weighted by molar-refractivity contribution is 6.06. The average molecular weight is 459 g/mol. The molecular formula is C26H26N4O4. The zero-order valence-corrected chi connectivity index (χ0v) is 19.0. The minimum atomic E-state index is -0.811. The molecule has 8 nitrogen and oxygen atoms in total. The summed E-state index contributed by atoms with van der Waals surface area (Å²) in [6.45, 7) is 1.99. The summed E-state index contributed by atoms with van der Waals surface area (Å²) in [4.78, 5) is 30.2. The fraction of sp³-hybridized carbons (Fsp3) is 0.231. The Morgan fingerprint density at radius 3 is 2.56 bits per heavy atom. The van der Waals surface area contributed by atoms with Crippen molar-refractivity contribution in [3.05, 3.63) is 89.7 Å². The van der Waals surface area contributed by atoms with E-state index in [9.17, 15) is 14.7 Å². The van der Waals surface area contributed by atoms with Gasteiger partial charge in [0.1, 0.15) is 0 Å². The molecule has 2 amide bonds. The summed E-state index contributed by atoms with van der Waals surface area (Å²) in [6, 6.07) is 17.5. The number of phenolic OH excluding ortho intramolecular Hbond substituents is 1. The van der Waals surface area contributed by atoms with Gasteiger partial charge in [-0.05, 0) is 42.3 Å². The molecule has 4 rings (SSSR count). The predicted molar refractivity (Wildman–Crippen MR) is 127 cm³/mol. The number of benzene rings is 2. The monoisotopic (exact) mass is 458 g/mol. The number of hydrogen-bond acceptors (Lipinski definition) is 6. The molecule has 2 atom stereocenters. The number of hydrazone groups is 1. The molecule has 34 heavy (non-hydrogen) atoms. The first-order chi connectivity index (χ1) is 16.5. The van der Waals surface area contributed by atoms with Gasteiger partial charge in [-0.1, -0.05) is 37.3 Å². The number of amides is 2. The number of aromatic nitrogens is 1. The van der Waals surface area contributed by atoms with Crippen LogP contribution in [-0.2, 0) is 4.79 Å². The lowest BCUT2D eigenvalue weighted by Gasteiger charge is -2.35. The van der Waals surface area contributed by atoms with Gasteiger partial charge in [0.05, 0.1) is 12.8 Å². The Balaban J connectivity index is 1.76. The minimum absolute atomic E-state index is 0.00778. The fourth-order valence-electron chi connectivity index (χ4n) is 3.97. The standard InChI is InChI=1S/C26H26N4O4/c1-3-17-16-23(32)30(29-24(17)20-9-10-22(34-2)21(31)15-20)25(18-7-5-4-6-8-18)28-26(33)19-11-13-27-14-12-19/h4-15,17,25,31H,3,16H2,1-2H3,(H,28,33). The summed E-state index contributed by atoms with van der Waals surface area (Å²) < 4.78 is 5.15. The Labute approximate surface area is 197 Å². The molecule has 0 saturated heterocycles. The van der Waals surface area contributed by atoms with E-state index in [1.165, 1.54) is 24.5 Å². The van der Waals surface area contributed by atoms with E-state index in [0.29, 0.717) is 34.6 Å². The van der Waals surface area contributed by atoms with Crippen molar-refractivity contribution in [3.63, 3.8) is 0 Å². The molecule has 2 heterocycles. The zero-order valence-electron chi connectivity index (χ0n) is 19.0. The van der Waals surface area contributed by atoms with Gasteiger partial charge in [-0.25, -0.2) is 5.01 Å². The number of nitrogens with one attached hydrogen (secondary N) is 1. The van der Waals surface area contributed by atoms with E-state index in [2.05, 4.69) is 10.3 Å². The molecule has 2 aromatic carbocycles. The van der Waals surface area contributed by atoms with Crippen molar-refractivity contribution in [2.75, 3.05) is 7.11 Å². The van der Waals surface area contributed by atoms with Gasteiger partial charge in [-0.2, -0.15) is 5.10 Å². The minimum Gasteiger partial charge on any atom is -0.504 e. The molecule has 1 aliphatic heterocycles. The van der Waals surface area contributed by atoms with Crippen LogP contribution in [0.2, 0.25) is 0 Å². The molecule has 0 aliphatic carbocycles. The van der Waals surface area contributed by atoms with Crippen LogP contribution < -0.4 is 10.1 Å². The summed E-state index contributed by atoms with van der Waals surface area (Å²) in [5.41, 5.74) is 2.50. The third-order valence-corrected chi connectivity index (χ3v) is 5.82. The molecule has 0 spiro atoms. The van der Waals surface area contributed by atoms with Crippen molar-refractivity contribution in [1.29, 1.82) is 0 Å². The second kappa shape index (κ2) is 10.2. The van der Waals surface area contributed by atoms with Gasteiger partial charge in [0.15, 0.2) is 17.7 Å². The van der Waals surface area contributed by atoms with Crippen molar-refractivity contribution in [2.45, 2.75) is 25.9 Å². The van der Waals surface area contributed by atoms with Gasteiger partial charge in [0.2, 0.25) is 5.91 Å². The van der Waals surface area contributed by atoms with Crippen LogP contribution in [0.15, 0.2) is 78.2 Å². The topological polar surface area (TPSA) is 104 Å². The van der Waals surface area contributed by atoms with Crippen molar-refractivity contribution in [1.82, 2.24) is 15.3 Å². The Hall–Kier alpha value is -4.20. The average Bonchev–Trinajstić information content (AvgIpc) is 2.88. The van der Waals surface area contributed by atoms with Gasteiger partial charge in [-0.15, -0.1) is 0 Å². The number of hydrogen-bond donors (Lipinski definition) is 2. The highest BCUT2D eigenvalue weighted by Gasteiger charge is 2.35. The van der Waals surface area contributed by atoms with E-state index in [4.69, 9.17) is 9.84 Å². The number of ether oxygens (including phenoxy) is 1. The van der Waals surface area contributed by atoms with Crippen LogP contribution in [0.25, 0.3) is 0 Å². The predicted octanol–water partition coefficient (Wildman–Crippen LogP) is 3.89. The van der Waals surface area contributed by atoms with Crippen LogP contribution in [0.1, 0.15) is 47.4 Å². The molecule has 0 fully saturated rings. The maximum Gasteiger partial charge on any atom is 0.253 e. The summed E-state index contributed by atoms with van der Waals surface area (Å²) in [7, 11) is 1.48. The van der Waals surface area contributed by atoms with E-state index in [-0.39, 0.29) is 29.9 Å². The van der Waals surface area contributed by atoms with E-state index in [0.717, 1.165) is 0 Å². The lowest BCUT2D eigenvalue weighted by molar-refractivity contribution is -0.135. The molecule has 0 radical (unpaired) electrons. The third-order valence-electron chi connectivity index (χ3n) is 5.82. The fourth-order valence-corrected chi connectivity index (χ4v) is 3.97. The molecule has 0 saturated carbocycles. The second-order valence-electron chi connectivity index (χ2n) is 7.94. The number of carbonyl (C=O) groups is 2. The van der Waals surface area contributed by atoms with Crippen LogP contribution in [-0.4, -0.2) is 39.7 Å². The Bertz CT molecular complexity index is 1200. The molecule has 0 bridgehead atoms. The number of aromatic hydroxyl groups is 1. The largest absolute Gasteiger partial charge is 0.504 e. The van der Waals surface area contributed by atoms with Gasteiger partial charge >= 0.3 is 0 Å². The Kier molecular flexibility index (Phi) is 6.87. The number of pyridine rings is 1. The molecular weight excluding hydrogens is 432 g/mol. The second-order valence-corrected chi connectivity index (χ2v) is 7.94. The normalized spacial score (nSPS) is 16.5. The first kappa shape index (κ1) is 23.0. The number of phenols is 1. The van der Waals surface area contributed by atoms with Crippen LogP contribution in [0, 0.1) is 5.92 Å². The number of methoxy groups -OCH3 is 1. The molecule has 1 aromatic heterocycles. The SMILES string of the molecule is CCC1CC(=O)N(C(NC(=O)c2ccncc2)c2ccccc2)N=C1c1ccc(OC)c(O)c1. The lowest BCUT2D eigenvalue weighted by Crippen LogP contribution is -2.46. The lowest BCUT2D eigenvalue weighted by atomic mass is 9.89. The Morgan fingerprint density at radius 1 is 1.18 bits per heavy atom. The molecule has 8 heteroatoms. The van der Waals surface area contributed by atoms with Crippen LogP contribution in [0.5, 0.6) is 11.5 Å². The highest BCUT2D eigenvalue weighted by Crippen LogP contribution is 2.32. The maximum absolute atomic E-state index is 13.2. The summed E-state index contributed by atoms with van der Waals surface area (Å²) in [6.07, 6.45) is 3.20. The summed E-state index contributed by atoms with van der Waals surface area (Å²) in [5, 5.41) is 19.3. The highest BCUT2D eigenvalue weighted by atomic mass is 16.5. The van der Waals surface area contributed by atoms with Crippen LogP contribution >= 0.6 is 0 Å². The molecule has 3 aromatic rings. The molecule has 174 valence electrons. The third kappa shape index (κ3) is 4.76. The smallest absolute Gasteiger partial charge is 0.253 e. The number of nitrogens with zero attached hydrogens (tertiary/aromatic N) is 3. The van der Waals surface area contributed by atoms with Gasteiger partial charge < -0.3 is 15.2 Å². The van der Waals surface area contributed by atoms with E-state index in [1.54, 1.807) is 30.3 Å². The van der Waals surface area contributed by atoms with E-state index < -0.39 is 6.17 Å². The Morgan fingerprint density at radius 2 is 1.91 bits per heavy atom. The van der Waals surface area contributed by atoms with Crippen molar-refractivity contribution >= 4 is 17.5 Å². The summed E-state index contributed by atoms with van der Waals surface area (Å²) >= 11 is 0. The molecule has 1 aliphatic rings. The quantitative estimate of drug-likeness (QED) is 0.559. The van der Waals surface area contributed by atoms with Crippen LogP contribution in [0.4, 0.5) is 0 Å². The van der Waals surface area contributed by atoms with Crippen molar-refractivity contribution < 1.29 is 19.4 Å². The van der Waals surface area contributed by atoms with Crippen molar-refractivity contribution in [2.24, 2.45) is 11.0 Å². The zero-order chi connectivity index (χ0) is 24.1. The molecule has 2 N–H and O–H groups in total. The van der Waals surface area contributed by atoms with Crippen LogP contribution in [0.3, 0.4) is 0 Å². The molecule has 2 unspecified atom stereocenters. The van der Waals surface area contributed by atoms with E-state index in [1.807, 2.05) is 37.3 Å². The van der Waals surface area contributed by atoms with Gasteiger partial charge in [-0.3, -0.25) is 14.6 Å². The number of rotatable bonds is 7. The van der Waals surface area contributed by atoms with Crippen molar-refractivity contribution in [3.8, 4) is 11.5 Å². The first-order valence-electron chi connectivity index (χ1n) is 11.1. The summed E-state index contributed by atoms with van der Waals surface area (Å²) in [5.74, 6) is -0.318. The maximum atomic E-state index is 13.2.